The molecule has 0 spiro atoms. The molecule has 2 N–H and O–H groups in total. The van der Waals surface area contributed by atoms with E-state index in [0.717, 1.165) is 13.0 Å². The molecule has 1 atom stereocenters. The van der Waals surface area contributed by atoms with Crippen LogP contribution >= 0.6 is 11.3 Å². The predicted molar refractivity (Wildman–Crippen MR) is 63.9 cm³/mol. The highest BCUT2D eigenvalue weighted by atomic mass is 32.1. The summed E-state index contributed by atoms with van der Waals surface area (Å²) in [4.78, 5) is 5.28. The molecule has 1 aromatic rings. The van der Waals surface area contributed by atoms with E-state index in [1.165, 1.54) is 4.88 Å². The molecular formula is C11H20N2OS. The number of hydrogen-bond acceptors (Lipinski definition) is 4. The molecule has 1 unspecified atom stereocenters. The molecule has 0 radical (unpaired) electrons. The fraction of sp³-hybridized carbons (Fsp3) is 0.727. The minimum atomic E-state index is 0.174. The lowest BCUT2D eigenvalue weighted by Gasteiger charge is -2.31. The smallest absolute Gasteiger partial charge is 0.0794 e. The molecule has 0 fully saturated rings. The maximum atomic E-state index is 9.01. The van der Waals surface area contributed by atoms with Crippen LogP contribution in [0.3, 0.4) is 0 Å². The van der Waals surface area contributed by atoms with Gasteiger partial charge in [0.1, 0.15) is 0 Å². The lowest BCUT2D eigenvalue weighted by molar-refractivity contribution is 0.197. The van der Waals surface area contributed by atoms with E-state index in [-0.39, 0.29) is 12.0 Å². The molecule has 0 saturated carbocycles. The van der Waals surface area contributed by atoms with Crippen molar-refractivity contribution in [3.63, 3.8) is 0 Å². The molecule has 1 heterocycles. The van der Waals surface area contributed by atoms with E-state index >= 15 is 0 Å². The molecule has 4 heteroatoms. The van der Waals surface area contributed by atoms with Crippen LogP contribution in [-0.4, -0.2) is 22.7 Å². The van der Waals surface area contributed by atoms with Gasteiger partial charge in [-0.15, -0.1) is 11.3 Å². The summed E-state index contributed by atoms with van der Waals surface area (Å²) >= 11 is 1.66. The number of thiazole rings is 1. The average molecular weight is 228 g/mol. The summed E-state index contributed by atoms with van der Waals surface area (Å²) < 4.78 is 0. The summed E-state index contributed by atoms with van der Waals surface area (Å²) in [7, 11) is 0. The first-order valence-corrected chi connectivity index (χ1v) is 6.13. The quantitative estimate of drug-likeness (QED) is 0.810. The first kappa shape index (κ1) is 12.6. The predicted octanol–water partition coefficient (Wildman–Crippen LogP) is 2.03. The van der Waals surface area contributed by atoms with Gasteiger partial charge in [-0.2, -0.15) is 0 Å². The van der Waals surface area contributed by atoms with Crippen LogP contribution in [0.5, 0.6) is 0 Å². The third-order valence-corrected chi connectivity index (χ3v) is 3.25. The van der Waals surface area contributed by atoms with Crippen LogP contribution in [0.4, 0.5) is 0 Å². The van der Waals surface area contributed by atoms with Crippen LogP contribution in [0.25, 0.3) is 0 Å². The van der Waals surface area contributed by atoms with Gasteiger partial charge < -0.3 is 10.4 Å². The van der Waals surface area contributed by atoms with Crippen LogP contribution in [0.1, 0.15) is 32.1 Å². The molecule has 0 aliphatic rings. The number of aliphatic hydroxyl groups is 1. The molecule has 0 saturated heterocycles. The summed E-state index contributed by atoms with van der Waals surface area (Å²) in [5, 5.41) is 12.5. The Kier molecular flexibility index (Phi) is 4.70. The second-order valence-electron chi connectivity index (χ2n) is 4.78. The van der Waals surface area contributed by atoms with Gasteiger partial charge in [-0.1, -0.05) is 20.8 Å². The fourth-order valence-electron chi connectivity index (χ4n) is 1.52. The highest BCUT2D eigenvalue weighted by Crippen LogP contribution is 2.22. The van der Waals surface area contributed by atoms with E-state index in [2.05, 4.69) is 31.1 Å². The standard InChI is InChI=1S/C11H20N2OS/c1-11(2,3)10(4-5-14)13-7-9-6-12-8-15-9/h6,8,10,13-14H,4-5,7H2,1-3H3. The number of aromatic nitrogens is 1. The zero-order valence-electron chi connectivity index (χ0n) is 9.66. The normalized spacial score (nSPS) is 14.1. The van der Waals surface area contributed by atoms with Gasteiger partial charge in [-0.3, -0.25) is 4.98 Å². The number of hydrogen-bond donors (Lipinski definition) is 2. The Labute approximate surface area is 95.6 Å². The Morgan fingerprint density at radius 2 is 2.27 bits per heavy atom. The minimum Gasteiger partial charge on any atom is -0.396 e. The third kappa shape index (κ3) is 4.28. The van der Waals surface area contributed by atoms with E-state index in [1.54, 1.807) is 11.3 Å². The molecule has 86 valence electrons. The van der Waals surface area contributed by atoms with Crippen LogP contribution < -0.4 is 5.32 Å². The monoisotopic (exact) mass is 228 g/mol. The van der Waals surface area contributed by atoms with Gasteiger partial charge in [-0.05, 0) is 11.8 Å². The van der Waals surface area contributed by atoms with Crippen LogP contribution in [-0.2, 0) is 6.54 Å². The fourth-order valence-corrected chi connectivity index (χ4v) is 2.07. The summed E-state index contributed by atoms with van der Waals surface area (Å²) in [6, 6.07) is 0.338. The summed E-state index contributed by atoms with van der Waals surface area (Å²) in [5.41, 5.74) is 2.02. The van der Waals surface area contributed by atoms with Crippen molar-refractivity contribution in [1.29, 1.82) is 0 Å². The zero-order valence-corrected chi connectivity index (χ0v) is 10.5. The maximum Gasteiger partial charge on any atom is 0.0794 e. The molecule has 0 amide bonds. The molecule has 3 nitrogen and oxygen atoms in total. The van der Waals surface area contributed by atoms with Crippen molar-refractivity contribution in [2.45, 2.75) is 39.8 Å². The lowest BCUT2D eigenvalue weighted by atomic mass is 9.85. The van der Waals surface area contributed by atoms with Gasteiger partial charge >= 0.3 is 0 Å². The van der Waals surface area contributed by atoms with Crippen molar-refractivity contribution in [3.8, 4) is 0 Å². The van der Waals surface area contributed by atoms with Gasteiger partial charge in [0.15, 0.2) is 0 Å². The number of nitrogens with one attached hydrogen (secondary N) is 1. The second kappa shape index (κ2) is 5.58. The van der Waals surface area contributed by atoms with E-state index < -0.39 is 0 Å². The second-order valence-corrected chi connectivity index (χ2v) is 5.75. The maximum absolute atomic E-state index is 9.01. The molecule has 15 heavy (non-hydrogen) atoms. The zero-order chi connectivity index (χ0) is 11.3. The van der Waals surface area contributed by atoms with Gasteiger partial charge in [0.2, 0.25) is 0 Å². The molecular weight excluding hydrogens is 208 g/mol. The van der Waals surface area contributed by atoms with Crippen molar-refractivity contribution in [2.75, 3.05) is 6.61 Å². The topological polar surface area (TPSA) is 45.1 Å². The average Bonchev–Trinajstić information content (AvgIpc) is 2.62. The van der Waals surface area contributed by atoms with E-state index in [1.807, 2.05) is 11.7 Å². The molecule has 0 aliphatic heterocycles. The third-order valence-electron chi connectivity index (χ3n) is 2.47. The molecule has 1 aromatic heterocycles. The van der Waals surface area contributed by atoms with Crippen molar-refractivity contribution in [1.82, 2.24) is 10.3 Å². The highest BCUT2D eigenvalue weighted by molar-refractivity contribution is 7.09. The van der Waals surface area contributed by atoms with E-state index in [0.29, 0.717) is 6.04 Å². The Bertz CT molecular complexity index is 267. The highest BCUT2D eigenvalue weighted by Gasteiger charge is 2.23. The molecule has 0 bridgehead atoms. The van der Waals surface area contributed by atoms with Crippen molar-refractivity contribution >= 4 is 11.3 Å². The molecule has 1 rings (SSSR count). The minimum absolute atomic E-state index is 0.174. The Morgan fingerprint density at radius 3 is 2.73 bits per heavy atom. The largest absolute Gasteiger partial charge is 0.396 e. The molecule has 0 aromatic carbocycles. The Hall–Kier alpha value is -0.450. The first-order valence-electron chi connectivity index (χ1n) is 5.25. The number of nitrogens with zero attached hydrogens (tertiary/aromatic N) is 1. The van der Waals surface area contributed by atoms with Crippen LogP contribution in [0.2, 0.25) is 0 Å². The Morgan fingerprint density at radius 1 is 1.53 bits per heavy atom. The van der Waals surface area contributed by atoms with Crippen molar-refractivity contribution < 1.29 is 5.11 Å². The summed E-state index contributed by atoms with van der Waals surface area (Å²) in [5.74, 6) is 0. The number of rotatable bonds is 5. The van der Waals surface area contributed by atoms with Crippen LogP contribution in [0.15, 0.2) is 11.7 Å². The van der Waals surface area contributed by atoms with Gasteiger partial charge in [0, 0.05) is 30.3 Å². The van der Waals surface area contributed by atoms with E-state index in [4.69, 9.17) is 5.11 Å². The summed E-state index contributed by atoms with van der Waals surface area (Å²) in [6.07, 6.45) is 2.68. The van der Waals surface area contributed by atoms with Gasteiger partial charge in [0.25, 0.3) is 0 Å². The van der Waals surface area contributed by atoms with E-state index in [9.17, 15) is 0 Å². The number of aliphatic hydroxyl groups excluding tert-OH is 1. The lowest BCUT2D eigenvalue weighted by Crippen LogP contribution is -2.40. The first-order chi connectivity index (χ1) is 7.04. The van der Waals surface area contributed by atoms with Crippen molar-refractivity contribution in [2.24, 2.45) is 5.41 Å². The van der Waals surface area contributed by atoms with Crippen molar-refractivity contribution in [3.05, 3.63) is 16.6 Å². The molecule has 0 aliphatic carbocycles. The SMILES string of the molecule is CC(C)(C)C(CCO)NCc1cncs1. The van der Waals surface area contributed by atoms with Crippen LogP contribution in [0, 0.1) is 5.41 Å². The van der Waals surface area contributed by atoms with Gasteiger partial charge in [0.05, 0.1) is 5.51 Å². The summed E-state index contributed by atoms with van der Waals surface area (Å²) in [6.45, 7) is 7.64. The van der Waals surface area contributed by atoms with Gasteiger partial charge in [-0.25, -0.2) is 0 Å². The Balaban J connectivity index is 2.45.